The molecule has 3 nitrogen and oxygen atoms in total. The molecule has 0 heterocycles. The fourth-order valence-electron chi connectivity index (χ4n) is 1.75. The van der Waals surface area contributed by atoms with E-state index in [0.717, 1.165) is 12.1 Å². The molecule has 0 bridgehead atoms. The van der Waals surface area contributed by atoms with E-state index in [0.29, 0.717) is 18.5 Å². The van der Waals surface area contributed by atoms with Gasteiger partial charge in [0.2, 0.25) is 0 Å². The largest absolute Gasteiger partial charge is 0.396 e. The van der Waals surface area contributed by atoms with E-state index in [-0.39, 0.29) is 17.8 Å². The Bertz CT molecular complexity index is 438. The van der Waals surface area contributed by atoms with Gasteiger partial charge in [-0.3, -0.25) is 0 Å². The second kappa shape index (κ2) is 6.48. The van der Waals surface area contributed by atoms with Crippen molar-refractivity contribution >= 4 is 0 Å². The second-order valence-electron chi connectivity index (χ2n) is 5.20. The minimum Gasteiger partial charge on any atom is -0.396 e. The third-order valence-electron chi connectivity index (χ3n) is 2.81. The van der Waals surface area contributed by atoms with Crippen molar-refractivity contribution in [2.75, 3.05) is 13.2 Å². The molecule has 1 rings (SSSR count). The highest BCUT2D eigenvalue weighted by Gasteiger charge is 2.16. The summed E-state index contributed by atoms with van der Waals surface area (Å²) in [5.41, 5.74) is 1.09. The van der Waals surface area contributed by atoms with Crippen LogP contribution in [-0.2, 0) is 6.54 Å². The predicted molar refractivity (Wildman–Crippen MR) is 68.3 cm³/mol. The molecule has 0 unspecified atom stereocenters. The third kappa shape index (κ3) is 4.82. The Kier molecular flexibility index (Phi) is 5.26. The standard InChI is InChI=1S/C14H19FN2O/c1-14(2,3-4-18)10-17-9-12-5-11(8-16)6-13(15)7-12/h5-7,17-18H,3-4,9-10H2,1-2H3. The molecule has 1 aromatic carbocycles. The molecule has 0 aliphatic rings. The molecular weight excluding hydrogens is 231 g/mol. The lowest BCUT2D eigenvalue weighted by atomic mass is 9.90. The van der Waals surface area contributed by atoms with Crippen molar-refractivity contribution in [3.05, 3.63) is 35.1 Å². The van der Waals surface area contributed by atoms with Crippen LogP contribution < -0.4 is 5.32 Å². The van der Waals surface area contributed by atoms with E-state index in [4.69, 9.17) is 10.4 Å². The fraction of sp³-hybridized carbons (Fsp3) is 0.500. The Balaban J connectivity index is 2.54. The Hall–Kier alpha value is -1.44. The molecule has 0 saturated heterocycles. The summed E-state index contributed by atoms with van der Waals surface area (Å²) in [6, 6.07) is 6.25. The van der Waals surface area contributed by atoms with Crippen LogP contribution in [0.2, 0.25) is 0 Å². The van der Waals surface area contributed by atoms with Gasteiger partial charge < -0.3 is 10.4 Å². The number of hydrogen-bond acceptors (Lipinski definition) is 3. The number of rotatable bonds is 6. The van der Waals surface area contributed by atoms with Gasteiger partial charge in [-0.2, -0.15) is 5.26 Å². The van der Waals surface area contributed by atoms with E-state index in [1.807, 2.05) is 6.07 Å². The number of aliphatic hydroxyl groups is 1. The van der Waals surface area contributed by atoms with Gasteiger partial charge >= 0.3 is 0 Å². The first kappa shape index (κ1) is 14.6. The van der Waals surface area contributed by atoms with Gasteiger partial charge in [0.1, 0.15) is 5.82 Å². The van der Waals surface area contributed by atoms with Crippen LogP contribution in [0.1, 0.15) is 31.4 Å². The van der Waals surface area contributed by atoms with Crippen LogP contribution >= 0.6 is 0 Å². The number of benzene rings is 1. The van der Waals surface area contributed by atoms with E-state index in [9.17, 15) is 4.39 Å². The molecule has 0 amide bonds. The zero-order valence-corrected chi connectivity index (χ0v) is 10.8. The van der Waals surface area contributed by atoms with Gasteiger partial charge in [0.05, 0.1) is 11.6 Å². The number of halogens is 1. The number of nitrogens with zero attached hydrogens (tertiary/aromatic N) is 1. The molecule has 0 aliphatic carbocycles. The van der Waals surface area contributed by atoms with Gasteiger partial charge in [-0.05, 0) is 35.6 Å². The lowest BCUT2D eigenvalue weighted by Gasteiger charge is -2.24. The van der Waals surface area contributed by atoms with Crippen molar-refractivity contribution in [2.24, 2.45) is 5.41 Å². The minimum atomic E-state index is -0.388. The molecule has 0 fully saturated rings. The summed E-state index contributed by atoms with van der Waals surface area (Å²) in [6.45, 7) is 5.52. The molecule has 0 spiro atoms. The van der Waals surface area contributed by atoms with Gasteiger partial charge in [0, 0.05) is 19.7 Å². The highest BCUT2D eigenvalue weighted by molar-refractivity contribution is 5.33. The Labute approximate surface area is 107 Å². The molecule has 2 N–H and O–H groups in total. The van der Waals surface area contributed by atoms with Crippen molar-refractivity contribution in [2.45, 2.75) is 26.8 Å². The molecule has 1 aromatic rings. The lowest BCUT2D eigenvalue weighted by molar-refractivity contribution is 0.207. The first-order chi connectivity index (χ1) is 8.46. The zero-order chi connectivity index (χ0) is 13.6. The van der Waals surface area contributed by atoms with E-state index < -0.39 is 0 Å². The molecule has 0 aromatic heterocycles. The summed E-state index contributed by atoms with van der Waals surface area (Å²) in [6.07, 6.45) is 0.715. The average Bonchev–Trinajstić information content (AvgIpc) is 2.27. The second-order valence-corrected chi connectivity index (χ2v) is 5.20. The highest BCUT2D eigenvalue weighted by atomic mass is 19.1. The summed E-state index contributed by atoms with van der Waals surface area (Å²) in [5.74, 6) is -0.388. The van der Waals surface area contributed by atoms with Crippen molar-refractivity contribution in [3.63, 3.8) is 0 Å². The molecule has 0 saturated carbocycles. The van der Waals surface area contributed by atoms with Crippen molar-refractivity contribution in [1.29, 1.82) is 5.26 Å². The lowest BCUT2D eigenvalue weighted by Crippen LogP contribution is -2.29. The summed E-state index contributed by atoms with van der Waals surface area (Å²) in [4.78, 5) is 0. The predicted octanol–water partition coefficient (Wildman–Crippen LogP) is 2.20. The molecule has 18 heavy (non-hydrogen) atoms. The van der Waals surface area contributed by atoms with Crippen LogP contribution in [-0.4, -0.2) is 18.3 Å². The summed E-state index contributed by atoms with van der Waals surface area (Å²) >= 11 is 0. The fourth-order valence-corrected chi connectivity index (χ4v) is 1.75. The minimum absolute atomic E-state index is 0.000132. The SMILES string of the molecule is CC(C)(CCO)CNCc1cc(F)cc(C#N)c1. The van der Waals surface area contributed by atoms with Crippen molar-refractivity contribution in [1.82, 2.24) is 5.32 Å². The topological polar surface area (TPSA) is 56.0 Å². The Morgan fingerprint density at radius 2 is 2.11 bits per heavy atom. The van der Waals surface area contributed by atoms with Crippen LogP contribution in [0.15, 0.2) is 18.2 Å². The first-order valence-electron chi connectivity index (χ1n) is 5.98. The third-order valence-corrected chi connectivity index (χ3v) is 2.81. The molecule has 0 atom stereocenters. The van der Waals surface area contributed by atoms with Crippen LogP contribution in [0.4, 0.5) is 4.39 Å². The van der Waals surface area contributed by atoms with Crippen molar-refractivity contribution in [3.8, 4) is 6.07 Å². The van der Waals surface area contributed by atoms with Gasteiger partial charge in [-0.25, -0.2) is 4.39 Å². The van der Waals surface area contributed by atoms with Crippen LogP contribution in [0, 0.1) is 22.6 Å². The molecule has 98 valence electrons. The number of hydrogen-bond donors (Lipinski definition) is 2. The molecule has 4 heteroatoms. The van der Waals surface area contributed by atoms with E-state index in [1.165, 1.54) is 12.1 Å². The van der Waals surface area contributed by atoms with Gasteiger partial charge in [0.25, 0.3) is 0 Å². The van der Waals surface area contributed by atoms with Gasteiger partial charge in [0.15, 0.2) is 0 Å². The maximum Gasteiger partial charge on any atom is 0.124 e. The number of nitriles is 1. The monoisotopic (exact) mass is 250 g/mol. The van der Waals surface area contributed by atoms with Crippen molar-refractivity contribution < 1.29 is 9.50 Å². The number of aliphatic hydroxyl groups excluding tert-OH is 1. The van der Waals surface area contributed by atoms with Crippen LogP contribution in [0.5, 0.6) is 0 Å². The van der Waals surface area contributed by atoms with Gasteiger partial charge in [-0.15, -0.1) is 0 Å². The van der Waals surface area contributed by atoms with Crippen LogP contribution in [0.25, 0.3) is 0 Å². The molecule has 0 radical (unpaired) electrons. The number of nitrogens with one attached hydrogen (secondary N) is 1. The normalized spacial score (nSPS) is 11.3. The summed E-state index contributed by atoms with van der Waals surface area (Å²) in [7, 11) is 0. The average molecular weight is 250 g/mol. The first-order valence-corrected chi connectivity index (χ1v) is 5.98. The van der Waals surface area contributed by atoms with E-state index in [1.54, 1.807) is 6.07 Å². The van der Waals surface area contributed by atoms with E-state index in [2.05, 4.69) is 19.2 Å². The highest BCUT2D eigenvalue weighted by Crippen LogP contribution is 2.18. The quantitative estimate of drug-likeness (QED) is 0.813. The Morgan fingerprint density at radius 1 is 1.39 bits per heavy atom. The molecule has 0 aliphatic heterocycles. The smallest absolute Gasteiger partial charge is 0.124 e. The van der Waals surface area contributed by atoms with Gasteiger partial charge in [-0.1, -0.05) is 13.8 Å². The molecular formula is C14H19FN2O. The maximum atomic E-state index is 13.2. The maximum absolute atomic E-state index is 13.2. The Morgan fingerprint density at radius 3 is 2.72 bits per heavy atom. The zero-order valence-electron chi connectivity index (χ0n) is 10.8. The van der Waals surface area contributed by atoms with Crippen LogP contribution in [0.3, 0.4) is 0 Å². The summed E-state index contributed by atoms with van der Waals surface area (Å²) in [5, 5.41) is 20.9. The van der Waals surface area contributed by atoms with E-state index >= 15 is 0 Å². The summed E-state index contributed by atoms with van der Waals surface area (Å²) < 4.78 is 13.2.